The molecule has 33 heteroatoms. The summed E-state index contributed by atoms with van der Waals surface area (Å²) in [5, 5.41) is 11.9. The second-order valence-corrected chi connectivity index (χ2v) is 35.1. The van der Waals surface area contributed by atoms with Crippen LogP contribution in [0.1, 0.15) is 93.6 Å². The first-order valence-electron chi connectivity index (χ1n) is 43.5. The lowest BCUT2D eigenvalue weighted by Crippen LogP contribution is -2.57. The maximum Gasteiger partial charge on any atom is 0.411 e. The normalized spacial score (nSPS) is 18.3. The summed E-state index contributed by atoms with van der Waals surface area (Å²) in [6, 6.07) is 57.8. The smallest absolute Gasteiger partial charge is 0.411 e. The Morgan fingerprint density at radius 1 is 0.368 bits per heavy atom. The van der Waals surface area contributed by atoms with E-state index in [0.29, 0.717) is 101 Å². The number of fused-ring (bicyclic) bond motifs is 4. The predicted molar refractivity (Wildman–Crippen MR) is 497 cm³/mol. The van der Waals surface area contributed by atoms with Gasteiger partial charge in [0, 0.05) is 61.0 Å². The average molecular weight is 1820 g/mol. The Hall–Kier alpha value is -14.5. The number of likely N-dealkylation sites (tertiary alicyclic amines) is 2. The Kier molecular flexibility index (Phi) is 30.8. The molecule has 0 bridgehead atoms. The molecule has 3 amide bonds. The van der Waals surface area contributed by atoms with E-state index >= 15 is 0 Å². The van der Waals surface area contributed by atoms with Crippen molar-refractivity contribution in [3.05, 3.63) is 200 Å². The van der Waals surface area contributed by atoms with E-state index in [2.05, 4.69) is 35.9 Å². The first kappa shape index (κ1) is 96.1. The first-order valence-corrected chi connectivity index (χ1v) is 43.5. The van der Waals surface area contributed by atoms with Gasteiger partial charge in [-0.25, -0.2) is 39.1 Å². The molecule has 0 radical (unpaired) electrons. The number of hydrogen-bond donors (Lipinski definition) is 3. The van der Waals surface area contributed by atoms with E-state index in [1.165, 1.54) is 38.2 Å². The summed E-state index contributed by atoms with van der Waals surface area (Å²) in [4.78, 5) is 129. The first-order chi connectivity index (χ1) is 63.7. The quantitative estimate of drug-likeness (QED) is 0.0444. The molecule has 133 heavy (non-hydrogen) atoms. The standard InChI is InChI=1S/C32H40N4O7.C26H29N3O5.2C21H21N3O4/c1-31(2,3)25(34-30(39)43-32(4,5)6)28(37)36-18-21(17-24(36)29(38)41-8)42-27-22-16-20(40-7)14-15-23(22)33-26(35-27)19-12-10-9-11-13-19;1-16-11-12-20-19(13-16)23(28-22(27-20)17-9-7-6-8-10-17)33-18-14-21(24(30)32-5)29(15-18)25(31)34-26(2,3)4;2*1-26-14-8-9-17-16(10-14)20(24-19(23-17)13-6-4-3-5-7-13)28-15-11-18(22-12-15)21(25)27-2/h9-16,21,24-25H,17-18H2,1-8H3,(H,34,39);6-13,18,21H,14-15H2,1-5H3;2*3-10,15,18,22H,11-12H2,1-2H3/t21?,24?,25-;;;/m1.../s1. The summed E-state index contributed by atoms with van der Waals surface area (Å²) in [5.74, 6) is 3.73. The number of esters is 4. The van der Waals surface area contributed by atoms with Crippen LogP contribution in [0.2, 0.25) is 0 Å². The Balaban J connectivity index is 0.000000153. The van der Waals surface area contributed by atoms with E-state index in [9.17, 15) is 33.6 Å². The van der Waals surface area contributed by atoms with Crippen molar-refractivity contribution in [2.45, 2.75) is 161 Å². The molecule has 16 rings (SSSR count). The van der Waals surface area contributed by atoms with Crippen LogP contribution < -0.4 is 49.1 Å². The lowest BCUT2D eigenvalue weighted by Gasteiger charge is -2.35. The monoisotopic (exact) mass is 1810 g/mol. The largest absolute Gasteiger partial charge is 0.497 e. The lowest BCUT2D eigenvalue weighted by molar-refractivity contribution is -0.152. The van der Waals surface area contributed by atoms with Crippen LogP contribution in [0.4, 0.5) is 9.59 Å². The zero-order valence-corrected chi connectivity index (χ0v) is 77.5. The number of benzene rings is 8. The summed E-state index contributed by atoms with van der Waals surface area (Å²) in [6.07, 6.45) is -1.32. The second-order valence-electron chi connectivity index (χ2n) is 35.1. The van der Waals surface area contributed by atoms with E-state index in [-0.39, 0.29) is 62.2 Å². The van der Waals surface area contributed by atoms with Gasteiger partial charge in [0.2, 0.25) is 29.4 Å². The topological polar surface area (TPSA) is 385 Å². The maximum absolute atomic E-state index is 14.0. The van der Waals surface area contributed by atoms with E-state index in [0.717, 1.165) is 60.5 Å². The molecule has 8 aromatic carbocycles. The van der Waals surface area contributed by atoms with Gasteiger partial charge in [-0.05, 0) is 121 Å². The van der Waals surface area contributed by atoms with Gasteiger partial charge in [-0.15, -0.1) is 0 Å². The van der Waals surface area contributed by atoms with Gasteiger partial charge in [-0.2, -0.15) is 19.9 Å². The number of alkyl carbamates (subject to hydrolysis) is 1. The fourth-order valence-electron chi connectivity index (χ4n) is 15.4. The molecule has 4 fully saturated rings. The molecule has 0 aliphatic carbocycles. The molecule has 8 unspecified atom stereocenters. The molecular weight excluding hydrogens is 1700 g/mol. The molecule has 4 aromatic heterocycles. The Morgan fingerprint density at radius 2 is 0.684 bits per heavy atom. The molecule has 0 spiro atoms. The van der Waals surface area contributed by atoms with Gasteiger partial charge in [0.25, 0.3) is 0 Å². The predicted octanol–water partition coefficient (Wildman–Crippen LogP) is 14.5. The summed E-state index contributed by atoms with van der Waals surface area (Å²) < 4.78 is 71.8. The van der Waals surface area contributed by atoms with Crippen LogP contribution in [-0.4, -0.2) is 233 Å². The Labute approximate surface area is 770 Å². The van der Waals surface area contributed by atoms with Crippen LogP contribution in [0.25, 0.3) is 89.2 Å². The van der Waals surface area contributed by atoms with Crippen molar-refractivity contribution >= 4 is 85.6 Å². The molecule has 4 aliphatic heterocycles. The van der Waals surface area contributed by atoms with Gasteiger partial charge in [0.05, 0.1) is 106 Å². The number of hydrogen-bond acceptors (Lipinski definition) is 30. The van der Waals surface area contributed by atoms with Crippen LogP contribution in [0.3, 0.4) is 0 Å². The summed E-state index contributed by atoms with van der Waals surface area (Å²) >= 11 is 0. The van der Waals surface area contributed by atoms with Crippen molar-refractivity contribution < 1.29 is 95.1 Å². The number of carbonyl (C=O) groups excluding carboxylic acids is 7. The van der Waals surface area contributed by atoms with Crippen LogP contribution in [0.15, 0.2) is 194 Å². The molecule has 4 saturated heterocycles. The van der Waals surface area contributed by atoms with E-state index in [4.69, 9.17) is 81.5 Å². The zero-order valence-electron chi connectivity index (χ0n) is 77.5. The van der Waals surface area contributed by atoms with Gasteiger partial charge in [-0.3, -0.25) is 19.3 Å². The minimum absolute atomic E-state index is 0.0668. The van der Waals surface area contributed by atoms with Crippen LogP contribution in [-0.2, 0) is 52.4 Å². The third kappa shape index (κ3) is 24.4. The average Bonchev–Trinajstić information content (AvgIpc) is 1.42. The summed E-state index contributed by atoms with van der Waals surface area (Å²) in [5.41, 5.74) is 5.31. The molecule has 3 N–H and O–H groups in total. The summed E-state index contributed by atoms with van der Waals surface area (Å²) in [6.45, 7) is 19.4. The highest BCUT2D eigenvalue weighted by molar-refractivity contribution is 5.93. The van der Waals surface area contributed by atoms with Gasteiger partial charge in [0.15, 0.2) is 23.3 Å². The van der Waals surface area contributed by atoms with E-state index in [1.807, 2.05) is 210 Å². The highest BCUT2D eigenvalue weighted by Crippen LogP contribution is 2.39. The fraction of sp³-hybridized carbons (Fsp3) is 0.370. The van der Waals surface area contributed by atoms with Gasteiger partial charge in [0.1, 0.15) is 83.1 Å². The number of nitrogens with zero attached hydrogens (tertiary/aromatic N) is 10. The number of methoxy groups -OCH3 is 7. The molecule has 0 saturated carbocycles. The molecule has 12 aromatic rings. The maximum atomic E-state index is 14.0. The number of nitrogens with one attached hydrogen (secondary N) is 3. The Bertz CT molecular complexity index is 5980. The third-order valence-electron chi connectivity index (χ3n) is 22.0. The Morgan fingerprint density at radius 3 is 1.01 bits per heavy atom. The molecule has 696 valence electrons. The second kappa shape index (κ2) is 42.6. The minimum atomic E-state index is -0.984. The minimum Gasteiger partial charge on any atom is -0.497 e. The van der Waals surface area contributed by atoms with Crippen molar-refractivity contribution in [2.75, 3.05) is 75.9 Å². The SMILES string of the molecule is COC(=O)C1CC(Oc2nc(-c3ccccc3)nc3ccc(C)cc23)CN1C(=O)OC(C)(C)C.COC(=O)C1CC(Oc2nc(-c3ccccc3)nc3ccc(OC)cc23)CN1.COC(=O)C1CC(Oc2nc(-c3ccccc3)nc3ccc(OC)cc23)CN1.COC(=O)C1CC(Oc2nc(-c3ccccc3)nc3ccc(OC)cc23)CN1C(=O)[C@@H](NC(=O)OC(C)(C)C)C(C)(C)C. The molecular formula is C100H111N13O20. The van der Waals surface area contributed by atoms with Gasteiger partial charge >= 0.3 is 36.1 Å². The highest BCUT2D eigenvalue weighted by Gasteiger charge is 2.48. The molecule has 8 heterocycles. The number of amides is 3. The molecule has 9 atom stereocenters. The van der Waals surface area contributed by atoms with Crippen LogP contribution in [0, 0.1) is 12.3 Å². The van der Waals surface area contributed by atoms with Crippen molar-refractivity contribution in [1.29, 1.82) is 0 Å². The van der Waals surface area contributed by atoms with Crippen LogP contribution >= 0.6 is 0 Å². The fourth-order valence-corrected chi connectivity index (χ4v) is 15.4. The molecule has 33 nitrogen and oxygen atoms in total. The number of aromatic nitrogens is 8. The van der Waals surface area contributed by atoms with Crippen molar-refractivity contribution in [3.8, 4) is 86.3 Å². The van der Waals surface area contributed by atoms with E-state index in [1.54, 1.807) is 75.0 Å². The van der Waals surface area contributed by atoms with E-state index < -0.39 is 77.0 Å². The van der Waals surface area contributed by atoms with Gasteiger partial charge < -0.3 is 82.4 Å². The number of rotatable bonds is 21. The molecule has 4 aliphatic rings. The third-order valence-corrected chi connectivity index (χ3v) is 22.0. The highest BCUT2D eigenvalue weighted by atomic mass is 16.6. The number of carbonyl (C=O) groups is 7. The lowest BCUT2D eigenvalue weighted by atomic mass is 9.85. The van der Waals surface area contributed by atoms with Crippen molar-refractivity contribution in [1.82, 2.24) is 65.6 Å². The van der Waals surface area contributed by atoms with Crippen LogP contribution in [0.5, 0.6) is 40.8 Å². The number of aryl methyl sites for hydroxylation is 1. The summed E-state index contributed by atoms with van der Waals surface area (Å²) in [7, 11) is 10.1. The van der Waals surface area contributed by atoms with Gasteiger partial charge in [-0.1, -0.05) is 154 Å². The zero-order chi connectivity index (χ0) is 95.0. The van der Waals surface area contributed by atoms with Crippen molar-refractivity contribution in [3.63, 3.8) is 0 Å². The number of ether oxygens (including phenoxy) is 13. The van der Waals surface area contributed by atoms with Crippen molar-refractivity contribution in [2.24, 2.45) is 5.41 Å².